The van der Waals surface area contributed by atoms with Crippen molar-refractivity contribution >= 4 is 21.8 Å². The highest BCUT2D eigenvalue weighted by molar-refractivity contribution is 7.99. The first-order valence-electron chi connectivity index (χ1n) is 8.20. The molecule has 0 N–H and O–H groups in total. The van der Waals surface area contributed by atoms with E-state index in [2.05, 4.69) is 11.9 Å². The van der Waals surface area contributed by atoms with E-state index < -0.39 is 10.0 Å². The van der Waals surface area contributed by atoms with Crippen molar-refractivity contribution in [1.82, 2.24) is 9.29 Å². The first-order valence-corrected chi connectivity index (χ1v) is 10.6. The fraction of sp³-hybridized carbons (Fsp3) is 0.389. The number of thioether (sulfide) groups is 1. The summed E-state index contributed by atoms with van der Waals surface area (Å²) >= 11 is 1.67. The average molecular weight is 363 g/mol. The molecule has 0 saturated carbocycles. The maximum absolute atomic E-state index is 13.1. The van der Waals surface area contributed by atoms with Gasteiger partial charge in [-0.2, -0.15) is 4.31 Å². The van der Waals surface area contributed by atoms with Crippen LogP contribution in [0.2, 0.25) is 0 Å². The molecule has 1 aliphatic rings. The largest absolute Gasteiger partial charge is 0.250 e. The van der Waals surface area contributed by atoms with Crippen molar-refractivity contribution in [3.63, 3.8) is 0 Å². The van der Waals surface area contributed by atoms with E-state index >= 15 is 0 Å². The Morgan fingerprint density at radius 3 is 2.71 bits per heavy atom. The number of hydrogen-bond donors (Lipinski definition) is 0. The smallest absolute Gasteiger partial charge is 0.243 e. The van der Waals surface area contributed by atoms with Crippen molar-refractivity contribution in [3.8, 4) is 0 Å². The lowest BCUT2D eigenvalue weighted by molar-refractivity contribution is 0.391. The zero-order valence-corrected chi connectivity index (χ0v) is 15.6. The fourth-order valence-electron chi connectivity index (χ4n) is 3.10. The van der Waals surface area contributed by atoms with E-state index in [4.69, 9.17) is 0 Å². The highest BCUT2D eigenvalue weighted by Crippen LogP contribution is 2.39. The highest BCUT2D eigenvalue weighted by atomic mass is 32.2. The van der Waals surface area contributed by atoms with Crippen LogP contribution in [0.15, 0.2) is 52.5 Å². The second kappa shape index (κ2) is 7.25. The van der Waals surface area contributed by atoms with Gasteiger partial charge in [0.1, 0.15) is 5.03 Å². The van der Waals surface area contributed by atoms with Gasteiger partial charge in [-0.3, -0.25) is 0 Å². The van der Waals surface area contributed by atoms with Crippen molar-refractivity contribution < 1.29 is 8.42 Å². The lowest BCUT2D eigenvalue weighted by Gasteiger charge is -2.25. The molecule has 128 valence electrons. The lowest BCUT2D eigenvalue weighted by Crippen LogP contribution is -2.31. The molecule has 4 nitrogen and oxygen atoms in total. The van der Waals surface area contributed by atoms with Crippen molar-refractivity contribution in [2.75, 3.05) is 12.3 Å². The summed E-state index contributed by atoms with van der Waals surface area (Å²) in [4.78, 5) is 4.82. The molecule has 0 aliphatic carbocycles. The highest BCUT2D eigenvalue weighted by Gasteiger charge is 2.37. The van der Waals surface area contributed by atoms with Crippen LogP contribution in [0.1, 0.15) is 36.9 Å². The van der Waals surface area contributed by atoms with Gasteiger partial charge in [-0.25, -0.2) is 13.4 Å². The second-order valence-electron chi connectivity index (χ2n) is 5.92. The Bertz CT molecular complexity index is 804. The predicted molar refractivity (Wildman–Crippen MR) is 97.7 cm³/mol. The van der Waals surface area contributed by atoms with Crippen LogP contribution in [0.5, 0.6) is 0 Å². The molecule has 1 fully saturated rings. The molecule has 1 aliphatic heterocycles. The van der Waals surface area contributed by atoms with Crippen LogP contribution in [0.4, 0.5) is 0 Å². The van der Waals surface area contributed by atoms with Gasteiger partial charge in [-0.1, -0.05) is 30.7 Å². The topological polar surface area (TPSA) is 50.3 Å². The summed E-state index contributed by atoms with van der Waals surface area (Å²) in [5.41, 5.74) is 2.08. The third-order valence-electron chi connectivity index (χ3n) is 4.27. The van der Waals surface area contributed by atoms with Gasteiger partial charge in [0.05, 0.1) is 10.9 Å². The van der Waals surface area contributed by atoms with Gasteiger partial charge >= 0.3 is 0 Å². The summed E-state index contributed by atoms with van der Waals surface area (Å²) in [6, 6.07) is 10.9. The Hall–Kier alpha value is -1.37. The Balaban J connectivity index is 1.98. The van der Waals surface area contributed by atoms with Gasteiger partial charge in [0.15, 0.2) is 0 Å². The van der Waals surface area contributed by atoms with Gasteiger partial charge in [-0.05, 0) is 43.7 Å². The van der Waals surface area contributed by atoms with Crippen LogP contribution in [0.3, 0.4) is 0 Å². The Morgan fingerprint density at radius 1 is 1.25 bits per heavy atom. The van der Waals surface area contributed by atoms with E-state index in [1.807, 2.05) is 31.2 Å². The maximum Gasteiger partial charge on any atom is 0.243 e. The number of rotatable bonds is 5. The summed E-state index contributed by atoms with van der Waals surface area (Å²) < 4.78 is 27.8. The van der Waals surface area contributed by atoms with Crippen molar-refractivity contribution in [2.45, 2.75) is 42.7 Å². The van der Waals surface area contributed by atoms with Crippen LogP contribution in [0.25, 0.3) is 0 Å². The summed E-state index contributed by atoms with van der Waals surface area (Å²) in [5, 5.41) is 0.941. The average Bonchev–Trinajstić information content (AvgIpc) is 3.06. The molecule has 6 heteroatoms. The number of aryl methyl sites for hydroxylation is 1. The van der Waals surface area contributed by atoms with E-state index in [9.17, 15) is 8.42 Å². The predicted octanol–water partition coefficient (Wildman–Crippen LogP) is 4.03. The third-order valence-corrected chi connectivity index (χ3v) is 7.10. The molecule has 0 radical (unpaired) electrons. The molecule has 1 saturated heterocycles. The van der Waals surface area contributed by atoms with Gasteiger partial charge in [0.25, 0.3) is 0 Å². The molecule has 0 unspecified atom stereocenters. The number of nitrogens with zero attached hydrogens (tertiary/aromatic N) is 2. The van der Waals surface area contributed by atoms with Gasteiger partial charge < -0.3 is 0 Å². The number of pyridine rings is 1. The van der Waals surface area contributed by atoms with Crippen molar-refractivity contribution in [2.24, 2.45) is 0 Å². The SMILES string of the molecule is CCSc1ncccc1[C@@H]1CCCN1S(=O)(=O)c1ccc(C)cc1. The second-order valence-corrected chi connectivity index (χ2v) is 9.06. The summed E-state index contributed by atoms with van der Waals surface area (Å²) in [7, 11) is -3.49. The number of benzene rings is 1. The zero-order chi connectivity index (χ0) is 17.2. The molecular weight excluding hydrogens is 340 g/mol. The van der Waals surface area contributed by atoms with Crippen molar-refractivity contribution in [1.29, 1.82) is 0 Å². The summed E-state index contributed by atoms with van der Waals surface area (Å²) in [5.74, 6) is 0.918. The Labute approximate surface area is 148 Å². The lowest BCUT2D eigenvalue weighted by atomic mass is 10.1. The molecule has 0 amide bonds. The van der Waals surface area contributed by atoms with Gasteiger partial charge in [-0.15, -0.1) is 11.8 Å². The summed E-state index contributed by atoms with van der Waals surface area (Å²) in [6.45, 7) is 4.60. The number of sulfonamides is 1. The quantitative estimate of drug-likeness (QED) is 0.754. The fourth-order valence-corrected chi connectivity index (χ4v) is 5.55. The van der Waals surface area contributed by atoms with Crippen LogP contribution in [-0.4, -0.2) is 30.0 Å². The molecule has 0 bridgehead atoms. The van der Waals surface area contributed by atoms with E-state index in [1.54, 1.807) is 34.4 Å². The molecule has 3 rings (SSSR count). The minimum absolute atomic E-state index is 0.126. The number of hydrogen-bond acceptors (Lipinski definition) is 4. The van der Waals surface area contributed by atoms with Gasteiger partial charge in [0, 0.05) is 18.3 Å². The van der Waals surface area contributed by atoms with E-state index in [1.165, 1.54) is 0 Å². The molecule has 2 aromatic rings. The Morgan fingerprint density at radius 2 is 2.00 bits per heavy atom. The minimum atomic E-state index is -3.49. The molecular formula is C18H22N2O2S2. The molecule has 2 heterocycles. The third kappa shape index (κ3) is 3.36. The monoisotopic (exact) mass is 362 g/mol. The zero-order valence-electron chi connectivity index (χ0n) is 14.0. The first kappa shape index (κ1) is 17.5. The minimum Gasteiger partial charge on any atom is -0.250 e. The normalized spacial score (nSPS) is 18.8. The van der Waals surface area contributed by atoms with Crippen LogP contribution in [-0.2, 0) is 10.0 Å². The molecule has 0 spiro atoms. The van der Waals surface area contributed by atoms with E-state index in [0.29, 0.717) is 11.4 Å². The van der Waals surface area contributed by atoms with Crippen LogP contribution in [0, 0.1) is 6.92 Å². The van der Waals surface area contributed by atoms with Gasteiger partial charge in [0.2, 0.25) is 10.0 Å². The summed E-state index contributed by atoms with van der Waals surface area (Å²) in [6.07, 6.45) is 3.49. The molecule has 24 heavy (non-hydrogen) atoms. The van der Waals surface area contributed by atoms with Crippen LogP contribution < -0.4 is 0 Å². The maximum atomic E-state index is 13.1. The van der Waals surface area contributed by atoms with E-state index in [-0.39, 0.29) is 6.04 Å². The standard InChI is InChI=1S/C18H22N2O2S2/c1-3-23-18-16(6-4-12-19-18)17-7-5-13-20(17)24(21,22)15-10-8-14(2)9-11-15/h4,6,8-12,17H,3,5,7,13H2,1-2H3/t17-/m0/s1. The van der Waals surface area contributed by atoms with Crippen molar-refractivity contribution in [3.05, 3.63) is 53.7 Å². The molecule has 1 atom stereocenters. The van der Waals surface area contributed by atoms with Crippen LogP contribution >= 0.6 is 11.8 Å². The number of aromatic nitrogens is 1. The molecule has 1 aromatic heterocycles. The van der Waals surface area contributed by atoms with E-state index in [0.717, 1.165) is 34.7 Å². The molecule has 1 aromatic carbocycles. The first-order chi connectivity index (χ1) is 11.5. The Kier molecular flexibility index (Phi) is 5.27.